The number of benzene rings is 3. The van der Waals surface area contributed by atoms with Gasteiger partial charge in [-0.1, -0.05) is 80.6 Å². The molecule has 4 aliphatic rings. The molecule has 21 heteroatoms. The standard InChI is InChI=1S/C53H56N2O14.H3O4P/c1-30-36(66-49(62)43(67-39-25-17-18-26-55(39)7)41(33-19-11-8-12-20-33)54-47(60)34-21-13-9-14-22-34)28-53(63)46(68-48(61)35-23-15-10-16-24-35)44-51(6,37(58)27-38-52(44,29-64-38)69-32(3)57)45(59)42(65-31(2)56)40(30)50(53,4)5;1-5(2,3)4/h8-26,36-38,41-44,46,58,63H,27-29H2,1-7H3;(H3,1,2,3,4)/t36-,37-,38+,41-,42+,43+,44?,46-,51+,52-,53+;/m0./s1. The van der Waals surface area contributed by atoms with Gasteiger partial charge in [0, 0.05) is 43.7 Å². The number of carbonyl (C=O) groups excluding carboxylic acids is 6. The first-order valence-corrected chi connectivity index (χ1v) is 25.2. The van der Waals surface area contributed by atoms with Gasteiger partial charge < -0.3 is 58.6 Å². The summed E-state index contributed by atoms with van der Waals surface area (Å²) in [4.78, 5) is 109. The highest BCUT2D eigenvalue weighted by Gasteiger charge is 2.78. The summed E-state index contributed by atoms with van der Waals surface area (Å²) in [6.07, 6.45) is -8.35. The van der Waals surface area contributed by atoms with E-state index >= 15 is 9.59 Å². The zero-order valence-corrected chi connectivity index (χ0v) is 42.5. The normalized spacial score (nSPS) is 28.5. The van der Waals surface area contributed by atoms with Crippen molar-refractivity contribution in [2.75, 3.05) is 6.61 Å². The molecule has 0 spiro atoms. The molecular formula is C53H59N2O18P. The van der Waals surface area contributed by atoms with E-state index in [2.05, 4.69) is 5.32 Å². The summed E-state index contributed by atoms with van der Waals surface area (Å²) in [7, 11) is -3.18. The van der Waals surface area contributed by atoms with E-state index in [1.807, 2.05) is 0 Å². The summed E-state index contributed by atoms with van der Waals surface area (Å²) in [6, 6.07) is 28.9. The quantitative estimate of drug-likeness (QED) is 0.0448. The summed E-state index contributed by atoms with van der Waals surface area (Å²) in [5.41, 5.74) is -6.80. The number of hydrogen-bond acceptors (Lipinski definition) is 16. The third-order valence-electron chi connectivity index (χ3n) is 14.7. The van der Waals surface area contributed by atoms with Crippen LogP contribution in [0.3, 0.4) is 0 Å². The van der Waals surface area contributed by atoms with E-state index in [9.17, 15) is 29.4 Å². The Kier molecular flexibility index (Phi) is 15.9. The monoisotopic (exact) mass is 1040 g/mol. The molecule has 20 nitrogen and oxygen atoms in total. The molecule has 1 aliphatic heterocycles. The molecule has 2 saturated carbocycles. The fourth-order valence-electron chi connectivity index (χ4n) is 11.0. The van der Waals surface area contributed by atoms with Crippen molar-refractivity contribution in [3.63, 3.8) is 0 Å². The Balaban J connectivity index is 0.00000153. The predicted molar refractivity (Wildman–Crippen MR) is 256 cm³/mol. The maximum Gasteiger partial charge on any atom is 0.368 e. The van der Waals surface area contributed by atoms with Gasteiger partial charge in [0.1, 0.15) is 37.0 Å². The number of rotatable bonds is 12. The highest BCUT2D eigenvalue weighted by Crippen LogP contribution is 2.64. The maximum absolute atomic E-state index is 15.7. The summed E-state index contributed by atoms with van der Waals surface area (Å²) in [6.45, 7) is 8.17. The van der Waals surface area contributed by atoms with Crippen LogP contribution in [0.25, 0.3) is 0 Å². The van der Waals surface area contributed by atoms with Crippen LogP contribution in [0, 0.1) is 16.7 Å². The fraction of sp³-hybridized carbons (Fsp3) is 0.415. The minimum atomic E-state index is -4.89. The van der Waals surface area contributed by atoms with Crippen molar-refractivity contribution in [2.24, 2.45) is 23.8 Å². The molecule has 74 heavy (non-hydrogen) atoms. The Morgan fingerprint density at radius 3 is 1.95 bits per heavy atom. The number of Topliss-reactive ketones (excluding diaryl/α,β-unsaturated/α-hetero) is 1. The number of aromatic nitrogens is 1. The van der Waals surface area contributed by atoms with E-state index in [-0.39, 0.29) is 35.6 Å². The molecule has 11 atom stereocenters. The lowest BCUT2D eigenvalue weighted by Crippen LogP contribution is -2.82. The van der Waals surface area contributed by atoms with Crippen LogP contribution in [0.2, 0.25) is 0 Å². The van der Waals surface area contributed by atoms with Gasteiger partial charge in [-0.05, 0) is 60.9 Å². The Hall–Kier alpha value is -6.64. The summed E-state index contributed by atoms with van der Waals surface area (Å²) < 4.78 is 48.0. The number of ketones is 1. The smallest absolute Gasteiger partial charge is 0.368 e. The number of aliphatic hydroxyl groups excluding tert-OH is 1. The van der Waals surface area contributed by atoms with E-state index < -0.39 is 120 Å². The largest absolute Gasteiger partial charge is 0.756 e. The second-order valence-electron chi connectivity index (χ2n) is 19.6. The maximum atomic E-state index is 15.7. The lowest BCUT2D eigenvalue weighted by Gasteiger charge is -2.67. The molecule has 3 aromatic carbocycles. The van der Waals surface area contributed by atoms with Crippen molar-refractivity contribution in [1.82, 2.24) is 5.32 Å². The number of fused-ring (bicyclic) bond motifs is 5. The summed E-state index contributed by atoms with van der Waals surface area (Å²) in [5.74, 6) is -6.29. The van der Waals surface area contributed by atoms with E-state index in [0.29, 0.717) is 11.1 Å². The Labute approximate surface area is 426 Å². The predicted octanol–water partition coefficient (Wildman–Crippen LogP) is 3.09. The molecular weight excluding hydrogens is 984 g/mol. The molecule has 1 saturated heterocycles. The van der Waals surface area contributed by atoms with Crippen LogP contribution in [0.4, 0.5) is 0 Å². The van der Waals surface area contributed by atoms with Crippen molar-refractivity contribution in [1.29, 1.82) is 0 Å². The first-order chi connectivity index (χ1) is 34.7. The number of aryl methyl sites for hydroxylation is 1. The van der Waals surface area contributed by atoms with Crippen LogP contribution in [-0.2, 0) is 54.5 Å². The molecule has 0 radical (unpaired) electrons. The summed E-state index contributed by atoms with van der Waals surface area (Å²) in [5, 5.41) is 29.2. The molecule has 4 aromatic rings. The number of hydrogen-bond donors (Lipinski definition) is 5. The number of ether oxygens (including phenoxy) is 6. The molecule has 1 unspecified atom stereocenters. The van der Waals surface area contributed by atoms with Crippen molar-refractivity contribution in [2.45, 2.75) is 108 Å². The number of nitrogens with one attached hydrogen (secondary N) is 1. The Morgan fingerprint density at radius 2 is 1.41 bits per heavy atom. The average Bonchev–Trinajstić information content (AvgIpc) is 3.34. The minimum Gasteiger partial charge on any atom is -0.756 e. The molecule has 394 valence electrons. The molecule has 2 heterocycles. The van der Waals surface area contributed by atoms with Crippen LogP contribution in [-0.4, -0.2) is 110 Å². The lowest BCUT2D eigenvalue weighted by molar-refractivity contribution is -0.677. The average molecular weight is 1040 g/mol. The van der Waals surface area contributed by atoms with Crippen LogP contribution in [0.5, 0.6) is 5.88 Å². The Morgan fingerprint density at radius 1 is 0.838 bits per heavy atom. The van der Waals surface area contributed by atoms with Gasteiger partial charge in [-0.2, -0.15) is 4.57 Å². The number of amides is 1. The second kappa shape index (κ2) is 21.3. The third-order valence-corrected chi connectivity index (χ3v) is 14.7. The van der Waals surface area contributed by atoms with Gasteiger partial charge in [-0.3, -0.25) is 23.7 Å². The van der Waals surface area contributed by atoms with Gasteiger partial charge in [-0.25, -0.2) is 9.59 Å². The summed E-state index contributed by atoms with van der Waals surface area (Å²) >= 11 is 0. The van der Waals surface area contributed by atoms with Crippen LogP contribution >= 0.6 is 7.82 Å². The van der Waals surface area contributed by atoms with Crippen LogP contribution in [0.15, 0.2) is 127 Å². The van der Waals surface area contributed by atoms with Gasteiger partial charge in [-0.15, -0.1) is 0 Å². The first kappa shape index (κ1) is 55.1. The van der Waals surface area contributed by atoms with Gasteiger partial charge in [0.05, 0.1) is 35.7 Å². The van der Waals surface area contributed by atoms with Crippen molar-refractivity contribution < 1.29 is 91.2 Å². The highest BCUT2D eigenvalue weighted by atomic mass is 31.2. The van der Waals surface area contributed by atoms with E-state index in [4.69, 9.17) is 47.7 Å². The number of phosphoric acid groups is 1. The van der Waals surface area contributed by atoms with Crippen molar-refractivity contribution in [3.05, 3.63) is 143 Å². The lowest BCUT2D eigenvalue weighted by atomic mass is 9.44. The zero-order chi connectivity index (χ0) is 54.1. The minimum absolute atomic E-state index is 0.0271. The number of esters is 4. The highest BCUT2D eigenvalue weighted by molar-refractivity contribution is 7.43. The van der Waals surface area contributed by atoms with E-state index in [1.54, 1.807) is 136 Å². The zero-order valence-electron chi connectivity index (χ0n) is 41.6. The number of pyridine rings is 1. The van der Waals surface area contributed by atoms with E-state index in [1.165, 1.54) is 26.0 Å². The van der Waals surface area contributed by atoms with Crippen molar-refractivity contribution >= 4 is 43.4 Å². The molecule has 2 bridgehead atoms. The number of nitrogens with zero attached hydrogens (tertiary/aromatic N) is 1. The van der Waals surface area contributed by atoms with Gasteiger partial charge in [0.2, 0.25) is 6.10 Å². The van der Waals surface area contributed by atoms with E-state index in [0.717, 1.165) is 6.92 Å². The molecule has 8 rings (SSSR count). The first-order valence-electron chi connectivity index (χ1n) is 23.6. The fourth-order valence-corrected chi connectivity index (χ4v) is 11.0. The topological polar surface area (TPSA) is 295 Å². The molecule has 1 aromatic heterocycles. The molecule has 3 aliphatic carbocycles. The van der Waals surface area contributed by atoms with Gasteiger partial charge >= 0.3 is 29.8 Å². The van der Waals surface area contributed by atoms with Gasteiger partial charge in [0.25, 0.3) is 13.7 Å². The SMILES string of the molecule is CC(=O)O[C@H]1C(=O)[C@@]2(C)C([C@H](OC(=O)c3ccccc3)[C@]3(O)C[C@H](OC(=O)[C@H](Oc4cccc[n+]4C)[C@@H](NC(=O)c4ccccc4)c4ccccc4)C(C)=C1C3(C)C)[C@]1(OC(C)=O)CO[C@@H]1C[C@@H]2O.O=P([O-])(O)O. The Bertz CT molecular complexity index is 2850. The van der Waals surface area contributed by atoms with Gasteiger partial charge in [0.15, 0.2) is 23.7 Å². The molecule has 3 fully saturated rings. The van der Waals surface area contributed by atoms with Crippen molar-refractivity contribution in [3.8, 4) is 5.88 Å². The number of aliphatic hydroxyl groups is 2. The van der Waals surface area contributed by atoms with Crippen LogP contribution < -0.4 is 19.5 Å². The number of carbonyl (C=O) groups is 6. The second-order valence-corrected chi connectivity index (χ2v) is 20.6. The third kappa shape index (κ3) is 10.7. The molecule has 1 amide bonds. The van der Waals surface area contributed by atoms with Crippen LogP contribution in [0.1, 0.15) is 86.7 Å². The molecule has 5 N–H and O–H groups in total.